The van der Waals surface area contributed by atoms with Gasteiger partial charge < -0.3 is 10.6 Å². The first-order chi connectivity index (χ1) is 8.83. The highest BCUT2D eigenvalue weighted by Crippen LogP contribution is 2.17. The quantitative estimate of drug-likeness (QED) is 0.887. The van der Waals surface area contributed by atoms with Gasteiger partial charge in [-0.05, 0) is 18.4 Å². The average Bonchev–Trinajstić information content (AvgIpc) is 3.01. The van der Waals surface area contributed by atoms with Gasteiger partial charge in [-0.3, -0.25) is 0 Å². The van der Waals surface area contributed by atoms with Crippen molar-refractivity contribution in [2.45, 2.75) is 19.4 Å². The van der Waals surface area contributed by atoms with Crippen molar-refractivity contribution >= 4 is 11.9 Å². The van der Waals surface area contributed by atoms with Crippen molar-refractivity contribution in [3.8, 4) is 0 Å². The van der Waals surface area contributed by atoms with Crippen LogP contribution in [0.25, 0.3) is 0 Å². The Kier molecular flexibility index (Phi) is 2.88. The summed E-state index contributed by atoms with van der Waals surface area (Å²) in [5, 5.41) is 4.49. The zero-order valence-corrected chi connectivity index (χ0v) is 10.3. The summed E-state index contributed by atoms with van der Waals surface area (Å²) in [5.41, 5.74) is 7.10. The monoisotopic (exact) mass is 243 g/mol. The molecule has 18 heavy (non-hydrogen) atoms. The molecule has 5 nitrogen and oxygen atoms in total. The van der Waals surface area contributed by atoms with Gasteiger partial charge >= 0.3 is 0 Å². The minimum atomic E-state index is 0.487. The van der Waals surface area contributed by atoms with Gasteiger partial charge in [-0.25, -0.2) is 4.68 Å². The van der Waals surface area contributed by atoms with E-state index >= 15 is 0 Å². The lowest BCUT2D eigenvalue weighted by Gasteiger charge is -2.10. The predicted molar refractivity (Wildman–Crippen MR) is 71.4 cm³/mol. The number of nitrogens with two attached hydrogens (primary N) is 1. The van der Waals surface area contributed by atoms with Crippen LogP contribution in [0, 0.1) is 0 Å². The van der Waals surface area contributed by atoms with Gasteiger partial charge in [0.25, 0.3) is 0 Å². The summed E-state index contributed by atoms with van der Waals surface area (Å²) >= 11 is 0. The van der Waals surface area contributed by atoms with Crippen molar-refractivity contribution in [1.29, 1.82) is 0 Å². The van der Waals surface area contributed by atoms with E-state index in [4.69, 9.17) is 5.73 Å². The summed E-state index contributed by atoms with van der Waals surface area (Å²) in [7, 11) is 0. The van der Waals surface area contributed by atoms with Gasteiger partial charge in [0.2, 0.25) is 11.9 Å². The molecule has 2 heterocycles. The Labute approximate surface area is 106 Å². The molecular formula is C13H17N5. The predicted octanol–water partition coefficient (Wildman–Crippen LogP) is 1.51. The maximum absolute atomic E-state index is 5.92. The van der Waals surface area contributed by atoms with E-state index in [2.05, 4.69) is 27.1 Å². The van der Waals surface area contributed by atoms with Gasteiger partial charge in [-0.15, -0.1) is 5.10 Å². The van der Waals surface area contributed by atoms with Crippen LogP contribution in [0.3, 0.4) is 0 Å². The number of nitrogens with zero attached hydrogens (tertiary/aromatic N) is 4. The molecule has 0 unspecified atom stereocenters. The van der Waals surface area contributed by atoms with Crippen molar-refractivity contribution < 1.29 is 0 Å². The Bertz CT molecular complexity index is 513. The van der Waals surface area contributed by atoms with E-state index in [1.165, 1.54) is 18.4 Å². The number of nitrogen functional groups attached to an aromatic ring is 1. The molecule has 0 saturated carbocycles. The Balaban J connectivity index is 1.80. The normalized spacial score (nSPS) is 15.2. The lowest BCUT2D eigenvalue weighted by atomic mass is 10.2. The number of benzene rings is 1. The second kappa shape index (κ2) is 4.68. The number of rotatable bonds is 3. The first-order valence-corrected chi connectivity index (χ1v) is 6.32. The molecule has 2 aromatic rings. The van der Waals surface area contributed by atoms with Gasteiger partial charge in [0.1, 0.15) is 0 Å². The van der Waals surface area contributed by atoms with Crippen molar-refractivity contribution in [1.82, 2.24) is 14.8 Å². The SMILES string of the molecule is Nc1nc(N2CCCC2)nn1Cc1ccccc1. The molecule has 1 fully saturated rings. The van der Waals surface area contributed by atoms with E-state index in [0.717, 1.165) is 19.0 Å². The molecule has 0 spiro atoms. The fourth-order valence-corrected chi connectivity index (χ4v) is 2.27. The van der Waals surface area contributed by atoms with Crippen LogP contribution in [0.2, 0.25) is 0 Å². The first-order valence-electron chi connectivity index (χ1n) is 6.32. The van der Waals surface area contributed by atoms with E-state index in [-0.39, 0.29) is 0 Å². The molecule has 94 valence electrons. The molecule has 1 saturated heterocycles. The molecule has 5 heteroatoms. The lowest BCUT2D eigenvalue weighted by molar-refractivity contribution is 0.691. The minimum absolute atomic E-state index is 0.487. The van der Waals surface area contributed by atoms with Crippen molar-refractivity contribution in [3.05, 3.63) is 35.9 Å². The van der Waals surface area contributed by atoms with Crippen LogP contribution in [0.1, 0.15) is 18.4 Å². The highest BCUT2D eigenvalue weighted by Gasteiger charge is 2.17. The third-order valence-corrected chi connectivity index (χ3v) is 3.25. The van der Waals surface area contributed by atoms with Gasteiger partial charge in [-0.1, -0.05) is 30.3 Å². The Morgan fingerprint density at radius 3 is 2.56 bits per heavy atom. The Morgan fingerprint density at radius 1 is 1.11 bits per heavy atom. The first kappa shape index (κ1) is 11.1. The third kappa shape index (κ3) is 2.16. The Morgan fingerprint density at radius 2 is 1.83 bits per heavy atom. The zero-order valence-electron chi connectivity index (χ0n) is 10.3. The fourth-order valence-electron chi connectivity index (χ4n) is 2.27. The van der Waals surface area contributed by atoms with E-state index in [1.54, 1.807) is 4.68 Å². The fraction of sp³-hybridized carbons (Fsp3) is 0.385. The van der Waals surface area contributed by atoms with Crippen molar-refractivity contribution in [2.24, 2.45) is 0 Å². The summed E-state index contributed by atoms with van der Waals surface area (Å²) in [6.45, 7) is 2.75. The van der Waals surface area contributed by atoms with Crippen LogP contribution in [-0.2, 0) is 6.54 Å². The summed E-state index contributed by atoms with van der Waals surface area (Å²) in [6.07, 6.45) is 2.43. The van der Waals surface area contributed by atoms with Gasteiger partial charge in [0, 0.05) is 13.1 Å². The summed E-state index contributed by atoms with van der Waals surface area (Å²) in [4.78, 5) is 6.54. The highest BCUT2D eigenvalue weighted by atomic mass is 15.4. The standard InChI is InChI=1S/C13H17N5/c14-12-15-13(17-8-4-5-9-17)16-18(12)10-11-6-2-1-3-7-11/h1-3,6-7H,4-5,8-10H2,(H2,14,15,16). The Hall–Kier alpha value is -2.04. The lowest BCUT2D eigenvalue weighted by Crippen LogP contribution is -2.19. The number of hydrogen-bond acceptors (Lipinski definition) is 4. The van der Waals surface area contributed by atoms with Gasteiger partial charge in [0.15, 0.2) is 0 Å². The van der Waals surface area contributed by atoms with Crippen molar-refractivity contribution in [2.75, 3.05) is 23.7 Å². The average molecular weight is 243 g/mol. The van der Waals surface area contributed by atoms with E-state index in [1.807, 2.05) is 18.2 Å². The summed E-state index contributed by atoms with van der Waals surface area (Å²) in [6, 6.07) is 10.2. The molecule has 0 radical (unpaired) electrons. The maximum atomic E-state index is 5.92. The maximum Gasteiger partial charge on any atom is 0.246 e. The molecule has 3 rings (SSSR count). The topological polar surface area (TPSA) is 60.0 Å². The second-order valence-corrected chi connectivity index (χ2v) is 4.61. The molecule has 1 aromatic heterocycles. The van der Waals surface area contributed by atoms with Crippen LogP contribution in [0.15, 0.2) is 30.3 Å². The second-order valence-electron chi connectivity index (χ2n) is 4.61. The molecule has 1 aliphatic rings. The molecule has 0 amide bonds. The molecule has 2 N–H and O–H groups in total. The molecule has 0 atom stereocenters. The molecule has 0 bridgehead atoms. The molecule has 0 aliphatic carbocycles. The minimum Gasteiger partial charge on any atom is -0.368 e. The van der Waals surface area contributed by atoms with Crippen LogP contribution in [0.4, 0.5) is 11.9 Å². The van der Waals surface area contributed by atoms with Crippen LogP contribution >= 0.6 is 0 Å². The van der Waals surface area contributed by atoms with Gasteiger partial charge in [0.05, 0.1) is 6.54 Å². The number of aromatic nitrogens is 3. The van der Waals surface area contributed by atoms with Crippen LogP contribution in [-0.4, -0.2) is 27.9 Å². The molecule has 1 aliphatic heterocycles. The van der Waals surface area contributed by atoms with Gasteiger partial charge in [-0.2, -0.15) is 4.98 Å². The molecular weight excluding hydrogens is 226 g/mol. The van der Waals surface area contributed by atoms with Crippen LogP contribution in [0.5, 0.6) is 0 Å². The highest BCUT2D eigenvalue weighted by molar-refractivity contribution is 5.36. The van der Waals surface area contributed by atoms with E-state index < -0.39 is 0 Å². The number of hydrogen-bond donors (Lipinski definition) is 1. The summed E-state index contributed by atoms with van der Waals surface area (Å²) in [5.74, 6) is 1.25. The van der Waals surface area contributed by atoms with Crippen molar-refractivity contribution in [3.63, 3.8) is 0 Å². The zero-order chi connectivity index (χ0) is 12.4. The third-order valence-electron chi connectivity index (χ3n) is 3.25. The largest absolute Gasteiger partial charge is 0.368 e. The van der Waals surface area contributed by atoms with Crippen LogP contribution < -0.4 is 10.6 Å². The van der Waals surface area contributed by atoms with E-state index in [0.29, 0.717) is 12.5 Å². The summed E-state index contributed by atoms with van der Waals surface area (Å²) < 4.78 is 1.77. The number of anilines is 2. The van der Waals surface area contributed by atoms with E-state index in [9.17, 15) is 0 Å². The molecule has 1 aromatic carbocycles. The smallest absolute Gasteiger partial charge is 0.246 e.